The van der Waals surface area contributed by atoms with E-state index in [4.69, 9.17) is 0 Å². The van der Waals surface area contributed by atoms with E-state index in [1.165, 1.54) is 0 Å². The van der Waals surface area contributed by atoms with Gasteiger partial charge in [-0.05, 0) is 43.5 Å². The van der Waals surface area contributed by atoms with E-state index in [-0.39, 0.29) is 5.91 Å². The Morgan fingerprint density at radius 2 is 1.81 bits per heavy atom. The molecule has 6 heteroatoms. The predicted octanol–water partition coefficient (Wildman–Crippen LogP) is 3.66. The van der Waals surface area contributed by atoms with Crippen LogP contribution in [0.25, 0.3) is 0 Å². The fourth-order valence-electron chi connectivity index (χ4n) is 2.66. The van der Waals surface area contributed by atoms with E-state index in [1.807, 2.05) is 44.2 Å². The Labute approximate surface area is 152 Å². The minimum absolute atomic E-state index is 0.252. The zero-order chi connectivity index (χ0) is 18.5. The average Bonchev–Trinajstić information content (AvgIpc) is 2.63. The summed E-state index contributed by atoms with van der Waals surface area (Å²) >= 11 is 0. The molecule has 1 aromatic carbocycles. The fraction of sp³-hybridized carbons (Fsp3) is 0.200. The first-order chi connectivity index (χ1) is 12.5. The molecule has 0 saturated heterocycles. The molecule has 0 saturated carbocycles. The van der Waals surface area contributed by atoms with Crippen molar-refractivity contribution in [2.45, 2.75) is 27.3 Å². The molecular weight excluding hydrogens is 326 g/mol. The molecule has 0 atom stereocenters. The molecule has 0 aliphatic rings. The van der Waals surface area contributed by atoms with Crippen molar-refractivity contribution in [3.05, 3.63) is 77.0 Å². The maximum Gasteiger partial charge on any atom is 0.274 e. The van der Waals surface area contributed by atoms with Gasteiger partial charge in [0.05, 0.1) is 0 Å². The van der Waals surface area contributed by atoms with Crippen LogP contribution >= 0.6 is 0 Å². The summed E-state index contributed by atoms with van der Waals surface area (Å²) in [4.78, 5) is 25.4. The number of nitrogens with one attached hydrogen (secondary N) is 2. The first kappa shape index (κ1) is 17.5. The number of carbonyl (C=O) groups is 1. The molecule has 2 aromatic heterocycles. The highest BCUT2D eigenvalue weighted by atomic mass is 16.1. The molecule has 0 radical (unpaired) electrons. The summed E-state index contributed by atoms with van der Waals surface area (Å²) in [7, 11) is 0. The zero-order valence-corrected chi connectivity index (χ0v) is 15.1. The number of aromatic nitrogens is 3. The van der Waals surface area contributed by atoms with Gasteiger partial charge in [0.1, 0.15) is 17.3 Å². The van der Waals surface area contributed by atoms with Crippen LogP contribution in [0.2, 0.25) is 0 Å². The monoisotopic (exact) mass is 347 g/mol. The Kier molecular flexibility index (Phi) is 5.22. The van der Waals surface area contributed by atoms with Crippen molar-refractivity contribution in [3.63, 3.8) is 0 Å². The van der Waals surface area contributed by atoms with Crippen LogP contribution in [0.4, 0.5) is 11.5 Å². The van der Waals surface area contributed by atoms with Crippen molar-refractivity contribution < 1.29 is 4.79 Å². The van der Waals surface area contributed by atoms with E-state index >= 15 is 0 Å². The topological polar surface area (TPSA) is 79.8 Å². The van der Waals surface area contributed by atoms with Crippen molar-refractivity contribution >= 4 is 17.4 Å². The highest BCUT2D eigenvalue weighted by Gasteiger charge is 2.13. The normalized spacial score (nSPS) is 10.4. The first-order valence-electron chi connectivity index (χ1n) is 8.39. The second kappa shape index (κ2) is 7.74. The van der Waals surface area contributed by atoms with Crippen LogP contribution in [0.5, 0.6) is 0 Å². The van der Waals surface area contributed by atoms with Gasteiger partial charge in [-0.15, -0.1) is 0 Å². The second-order valence-corrected chi connectivity index (χ2v) is 6.12. The number of para-hydroxylation sites is 1. The van der Waals surface area contributed by atoms with Crippen LogP contribution in [-0.4, -0.2) is 20.9 Å². The molecule has 0 spiro atoms. The maximum atomic E-state index is 12.7. The highest BCUT2D eigenvalue weighted by molar-refractivity contribution is 6.04. The van der Waals surface area contributed by atoms with Gasteiger partial charge in [-0.2, -0.15) is 0 Å². The molecule has 26 heavy (non-hydrogen) atoms. The van der Waals surface area contributed by atoms with Crippen molar-refractivity contribution in [3.8, 4) is 0 Å². The summed E-state index contributed by atoms with van der Waals surface area (Å²) in [5.74, 6) is 0.887. The Balaban J connectivity index is 1.77. The molecule has 6 nitrogen and oxygen atoms in total. The lowest BCUT2D eigenvalue weighted by atomic mass is 10.1. The number of benzene rings is 1. The number of pyridine rings is 1. The number of aryl methyl sites for hydroxylation is 3. The number of rotatable bonds is 5. The molecule has 3 aromatic rings. The lowest BCUT2D eigenvalue weighted by Crippen LogP contribution is -2.17. The number of hydrogen-bond donors (Lipinski definition) is 2. The number of hydrogen-bond acceptors (Lipinski definition) is 5. The Morgan fingerprint density at radius 1 is 1.04 bits per heavy atom. The molecule has 2 heterocycles. The molecule has 2 N–H and O–H groups in total. The third-order valence-corrected chi connectivity index (χ3v) is 3.99. The van der Waals surface area contributed by atoms with Gasteiger partial charge in [0.15, 0.2) is 0 Å². The lowest BCUT2D eigenvalue weighted by molar-refractivity contribution is 0.102. The minimum atomic E-state index is -0.252. The summed E-state index contributed by atoms with van der Waals surface area (Å²) in [5, 5.41) is 6.17. The molecule has 3 rings (SSSR count). The largest absolute Gasteiger partial charge is 0.366 e. The van der Waals surface area contributed by atoms with Crippen molar-refractivity contribution in [1.29, 1.82) is 0 Å². The van der Waals surface area contributed by atoms with Gasteiger partial charge >= 0.3 is 0 Å². The Hall–Kier alpha value is -3.28. The predicted molar refractivity (Wildman–Crippen MR) is 102 cm³/mol. The van der Waals surface area contributed by atoms with Gasteiger partial charge in [-0.1, -0.05) is 24.3 Å². The van der Waals surface area contributed by atoms with Crippen LogP contribution in [0.3, 0.4) is 0 Å². The Bertz CT molecular complexity index is 904. The summed E-state index contributed by atoms with van der Waals surface area (Å²) in [6, 6.07) is 11.4. The number of nitrogens with zero attached hydrogens (tertiary/aromatic N) is 3. The third-order valence-electron chi connectivity index (χ3n) is 3.99. The van der Waals surface area contributed by atoms with Crippen molar-refractivity contribution in [2.75, 3.05) is 10.6 Å². The SMILES string of the molecule is Cc1nc(NCc2cccnc2)cc(C(=O)Nc2c(C)cccc2C)n1. The fourth-order valence-corrected chi connectivity index (χ4v) is 2.66. The van der Waals surface area contributed by atoms with Crippen molar-refractivity contribution in [2.24, 2.45) is 0 Å². The molecular formula is C20H21N5O. The molecule has 132 valence electrons. The standard InChI is InChI=1S/C20H21N5O/c1-13-6-4-7-14(2)19(13)25-20(26)17-10-18(24-15(3)23-17)22-12-16-8-5-9-21-11-16/h4-11H,12H2,1-3H3,(H,25,26)(H,22,23,24). The van der Waals surface area contributed by atoms with Gasteiger partial charge in [-0.3, -0.25) is 9.78 Å². The van der Waals surface area contributed by atoms with Gasteiger partial charge in [-0.25, -0.2) is 9.97 Å². The van der Waals surface area contributed by atoms with Crippen LogP contribution in [-0.2, 0) is 6.54 Å². The molecule has 1 amide bonds. The van der Waals surface area contributed by atoms with E-state index in [2.05, 4.69) is 25.6 Å². The van der Waals surface area contributed by atoms with E-state index in [0.717, 1.165) is 22.4 Å². The van der Waals surface area contributed by atoms with Crippen LogP contribution in [0.1, 0.15) is 33.0 Å². The van der Waals surface area contributed by atoms with Crippen LogP contribution in [0, 0.1) is 20.8 Å². The molecule has 0 bridgehead atoms. The third kappa shape index (κ3) is 4.22. The van der Waals surface area contributed by atoms with Crippen LogP contribution in [0.15, 0.2) is 48.8 Å². The second-order valence-electron chi connectivity index (χ2n) is 6.12. The summed E-state index contributed by atoms with van der Waals surface area (Å²) in [5.41, 5.74) is 4.20. The van der Waals surface area contributed by atoms with E-state index in [9.17, 15) is 4.79 Å². The maximum absolute atomic E-state index is 12.7. The van der Waals surface area contributed by atoms with Gasteiger partial charge in [0, 0.05) is 30.7 Å². The van der Waals surface area contributed by atoms with Gasteiger partial charge in [0.25, 0.3) is 5.91 Å². The summed E-state index contributed by atoms with van der Waals surface area (Å²) < 4.78 is 0. The van der Waals surface area contributed by atoms with E-state index in [1.54, 1.807) is 25.4 Å². The number of anilines is 2. The molecule has 0 unspecified atom stereocenters. The van der Waals surface area contributed by atoms with Crippen molar-refractivity contribution in [1.82, 2.24) is 15.0 Å². The molecule has 0 fully saturated rings. The molecule has 0 aliphatic heterocycles. The molecule has 0 aliphatic carbocycles. The summed E-state index contributed by atoms with van der Waals surface area (Å²) in [6.07, 6.45) is 3.52. The quantitative estimate of drug-likeness (QED) is 0.736. The highest BCUT2D eigenvalue weighted by Crippen LogP contribution is 2.20. The average molecular weight is 347 g/mol. The van der Waals surface area contributed by atoms with E-state index < -0.39 is 0 Å². The van der Waals surface area contributed by atoms with E-state index in [0.29, 0.717) is 23.9 Å². The number of carbonyl (C=O) groups excluding carboxylic acids is 1. The smallest absolute Gasteiger partial charge is 0.274 e. The van der Waals surface area contributed by atoms with Crippen LogP contribution < -0.4 is 10.6 Å². The summed E-state index contributed by atoms with van der Waals surface area (Å²) in [6.45, 7) is 6.27. The minimum Gasteiger partial charge on any atom is -0.366 e. The number of amides is 1. The Morgan fingerprint density at radius 3 is 2.50 bits per heavy atom. The van der Waals surface area contributed by atoms with Gasteiger partial charge < -0.3 is 10.6 Å². The van der Waals surface area contributed by atoms with Gasteiger partial charge in [0.2, 0.25) is 0 Å². The zero-order valence-electron chi connectivity index (χ0n) is 15.1. The lowest BCUT2D eigenvalue weighted by Gasteiger charge is -2.12. The first-order valence-corrected chi connectivity index (χ1v) is 8.39.